The molecule has 0 bridgehead atoms. The molecule has 0 amide bonds. The predicted octanol–water partition coefficient (Wildman–Crippen LogP) is 1.25. The lowest BCUT2D eigenvalue weighted by Crippen LogP contribution is -2.47. The predicted molar refractivity (Wildman–Crippen MR) is 77.9 cm³/mol. The molecular weight excluding hydrogens is 240 g/mol. The maximum absolute atomic E-state index is 8.51. The monoisotopic (exact) mass is 262 g/mol. The number of amidine groups is 1. The fourth-order valence-corrected chi connectivity index (χ4v) is 2.31. The molecule has 1 fully saturated rings. The number of aryl methyl sites for hydroxylation is 1. The van der Waals surface area contributed by atoms with Crippen LogP contribution in [0, 0.1) is 6.92 Å². The molecule has 19 heavy (non-hydrogen) atoms. The molecular formula is C14H22N4O. The molecule has 0 aromatic heterocycles. The molecule has 2 rings (SSSR count). The zero-order chi connectivity index (χ0) is 13.7. The van der Waals surface area contributed by atoms with Gasteiger partial charge in [0.05, 0.1) is 0 Å². The lowest BCUT2D eigenvalue weighted by molar-refractivity contribution is 0.262. The van der Waals surface area contributed by atoms with E-state index in [1.807, 2.05) is 0 Å². The molecule has 0 spiro atoms. The van der Waals surface area contributed by atoms with Crippen LogP contribution in [0.5, 0.6) is 0 Å². The number of nitrogens with two attached hydrogens (primary N) is 1. The third-order valence-corrected chi connectivity index (χ3v) is 3.58. The third-order valence-electron chi connectivity index (χ3n) is 3.58. The Morgan fingerprint density at radius 2 is 1.84 bits per heavy atom. The summed E-state index contributed by atoms with van der Waals surface area (Å²) in [7, 11) is 0. The van der Waals surface area contributed by atoms with Gasteiger partial charge in [-0.15, -0.1) is 0 Å². The van der Waals surface area contributed by atoms with E-state index in [4.69, 9.17) is 10.9 Å². The van der Waals surface area contributed by atoms with Gasteiger partial charge in [0.1, 0.15) is 5.84 Å². The van der Waals surface area contributed by atoms with Gasteiger partial charge in [-0.3, -0.25) is 4.90 Å². The summed E-state index contributed by atoms with van der Waals surface area (Å²) in [5.41, 5.74) is 8.07. The summed E-state index contributed by atoms with van der Waals surface area (Å²) in [6.45, 7) is 7.06. The topological polar surface area (TPSA) is 65.1 Å². The minimum atomic E-state index is 0.306. The molecule has 1 aromatic rings. The van der Waals surface area contributed by atoms with Crippen molar-refractivity contribution in [3.8, 4) is 0 Å². The van der Waals surface area contributed by atoms with Gasteiger partial charge < -0.3 is 15.8 Å². The van der Waals surface area contributed by atoms with Crippen molar-refractivity contribution in [2.24, 2.45) is 10.9 Å². The highest BCUT2D eigenvalue weighted by molar-refractivity contribution is 5.79. The van der Waals surface area contributed by atoms with E-state index in [2.05, 4.69) is 46.1 Å². The van der Waals surface area contributed by atoms with Crippen LogP contribution in [0.25, 0.3) is 0 Å². The summed E-state index contributed by atoms with van der Waals surface area (Å²) in [6, 6.07) is 8.67. The second-order valence-corrected chi connectivity index (χ2v) is 5.01. The minimum Gasteiger partial charge on any atom is -0.409 e. The average Bonchev–Trinajstić information content (AvgIpc) is 2.46. The molecule has 0 atom stereocenters. The summed E-state index contributed by atoms with van der Waals surface area (Å²) in [4.78, 5) is 4.75. The number of oxime groups is 1. The molecule has 1 aromatic carbocycles. The van der Waals surface area contributed by atoms with Crippen molar-refractivity contribution >= 4 is 11.5 Å². The Balaban J connectivity index is 1.80. The molecule has 1 heterocycles. The summed E-state index contributed by atoms with van der Waals surface area (Å²) in [5, 5.41) is 11.5. The second-order valence-electron chi connectivity index (χ2n) is 5.01. The smallest absolute Gasteiger partial charge is 0.140 e. The van der Waals surface area contributed by atoms with Crippen LogP contribution in [0.1, 0.15) is 12.0 Å². The molecule has 0 unspecified atom stereocenters. The van der Waals surface area contributed by atoms with Crippen LogP contribution < -0.4 is 10.6 Å². The van der Waals surface area contributed by atoms with Gasteiger partial charge in [0.2, 0.25) is 0 Å². The van der Waals surface area contributed by atoms with Crippen molar-refractivity contribution in [3.63, 3.8) is 0 Å². The molecule has 1 saturated heterocycles. The van der Waals surface area contributed by atoms with Gasteiger partial charge in [-0.1, -0.05) is 22.9 Å². The number of nitrogens with zero attached hydrogens (tertiary/aromatic N) is 3. The Hall–Kier alpha value is -1.75. The number of benzene rings is 1. The van der Waals surface area contributed by atoms with E-state index in [1.165, 1.54) is 11.3 Å². The van der Waals surface area contributed by atoms with Crippen molar-refractivity contribution in [1.82, 2.24) is 4.90 Å². The molecule has 0 radical (unpaired) electrons. The van der Waals surface area contributed by atoms with Gasteiger partial charge in [0.25, 0.3) is 0 Å². The molecule has 1 aliphatic heterocycles. The number of hydrogen-bond donors (Lipinski definition) is 2. The Morgan fingerprint density at radius 3 is 2.42 bits per heavy atom. The van der Waals surface area contributed by atoms with E-state index in [-0.39, 0.29) is 0 Å². The van der Waals surface area contributed by atoms with E-state index >= 15 is 0 Å². The van der Waals surface area contributed by atoms with E-state index < -0.39 is 0 Å². The zero-order valence-corrected chi connectivity index (χ0v) is 11.4. The Bertz CT molecular complexity index is 422. The van der Waals surface area contributed by atoms with Crippen molar-refractivity contribution in [3.05, 3.63) is 29.8 Å². The van der Waals surface area contributed by atoms with Crippen LogP contribution in [-0.4, -0.2) is 48.7 Å². The fraction of sp³-hybridized carbons (Fsp3) is 0.500. The van der Waals surface area contributed by atoms with Gasteiger partial charge in [-0.25, -0.2) is 0 Å². The van der Waals surface area contributed by atoms with Crippen LogP contribution in [0.3, 0.4) is 0 Å². The van der Waals surface area contributed by atoms with Gasteiger partial charge in [-0.2, -0.15) is 0 Å². The number of rotatable bonds is 4. The van der Waals surface area contributed by atoms with E-state index in [1.54, 1.807) is 0 Å². The van der Waals surface area contributed by atoms with Crippen molar-refractivity contribution in [2.75, 3.05) is 37.6 Å². The summed E-state index contributed by atoms with van der Waals surface area (Å²) < 4.78 is 0. The lowest BCUT2D eigenvalue weighted by Gasteiger charge is -2.36. The lowest BCUT2D eigenvalue weighted by atomic mass is 10.2. The van der Waals surface area contributed by atoms with Crippen molar-refractivity contribution in [1.29, 1.82) is 0 Å². The fourth-order valence-electron chi connectivity index (χ4n) is 2.31. The van der Waals surface area contributed by atoms with Gasteiger partial charge >= 0.3 is 0 Å². The standard InChI is InChI=1S/C14H22N4O/c1-12-2-4-13(5-3-12)18-10-8-17(9-11-18)7-6-14(15)16-19/h2-5,19H,6-11H2,1H3,(H2,15,16). The van der Waals surface area contributed by atoms with E-state index in [0.717, 1.165) is 32.7 Å². The highest BCUT2D eigenvalue weighted by Crippen LogP contribution is 2.17. The molecule has 5 nitrogen and oxygen atoms in total. The normalized spacial score (nSPS) is 17.7. The van der Waals surface area contributed by atoms with Crippen molar-refractivity contribution in [2.45, 2.75) is 13.3 Å². The maximum atomic E-state index is 8.51. The second kappa shape index (κ2) is 6.43. The average molecular weight is 262 g/mol. The summed E-state index contributed by atoms with van der Waals surface area (Å²) >= 11 is 0. The quantitative estimate of drug-likeness (QED) is 0.371. The Labute approximate surface area is 114 Å². The minimum absolute atomic E-state index is 0.306. The highest BCUT2D eigenvalue weighted by atomic mass is 16.4. The van der Waals surface area contributed by atoms with E-state index in [9.17, 15) is 0 Å². The third kappa shape index (κ3) is 3.86. The largest absolute Gasteiger partial charge is 0.409 e. The number of anilines is 1. The molecule has 1 aliphatic rings. The van der Waals surface area contributed by atoms with Crippen LogP contribution in [0.15, 0.2) is 29.4 Å². The number of hydrogen-bond acceptors (Lipinski definition) is 4. The van der Waals surface area contributed by atoms with Crippen LogP contribution in [-0.2, 0) is 0 Å². The van der Waals surface area contributed by atoms with Crippen LogP contribution >= 0.6 is 0 Å². The molecule has 0 saturated carbocycles. The summed E-state index contributed by atoms with van der Waals surface area (Å²) in [5.74, 6) is 0.306. The first-order valence-electron chi connectivity index (χ1n) is 6.69. The number of piperazine rings is 1. The first-order chi connectivity index (χ1) is 9.19. The highest BCUT2D eigenvalue weighted by Gasteiger charge is 2.16. The SMILES string of the molecule is Cc1ccc(N2CCN(CC/C(N)=N\O)CC2)cc1. The molecule has 0 aliphatic carbocycles. The van der Waals surface area contributed by atoms with Crippen LogP contribution in [0.2, 0.25) is 0 Å². The zero-order valence-electron chi connectivity index (χ0n) is 11.4. The molecule has 3 N–H and O–H groups in total. The molecule has 104 valence electrons. The van der Waals surface area contributed by atoms with Gasteiger partial charge in [0, 0.05) is 44.8 Å². The van der Waals surface area contributed by atoms with Crippen LogP contribution in [0.4, 0.5) is 5.69 Å². The maximum Gasteiger partial charge on any atom is 0.140 e. The molecule has 5 heteroatoms. The van der Waals surface area contributed by atoms with Gasteiger partial charge in [0.15, 0.2) is 0 Å². The summed E-state index contributed by atoms with van der Waals surface area (Å²) in [6.07, 6.45) is 0.626. The van der Waals surface area contributed by atoms with Crippen molar-refractivity contribution < 1.29 is 5.21 Å². The van der Waals surface area contributed by atoms with E-state index in [0.29, 0.717) is 12.3 Å². The Kier molecular flexibility index (Phi) is 4.63. The first-order valence-corrected chi connectivity index (χ1v) is 6.69. The Morgan fingerprint density at radius 1 is 1.21 bits per heavy atom. The first kappa shape index (κ1) is 13.7. The van der Waals surface area contributed by atoms with Gasteiger partial charge in [-0.05, 0) is 19.1 Å².